The molecule has 0 bridgehead atoms. The maximum atomic E-state index is 12.9. The number of nitrogens with zero attached hydrogens (tertiary/aromatic N) is 1. The number of carbonyl (C=O) groups is 2. The Balaban J connectivity index is 2.74. The van der Waals surface area contributed by atoms with Crippen LogP contribution < -0.4 is 5.32 Å². The molecule has 2 rings (SSSR count). The van der Waals surface area contributed by atoms with Crippen LogP contribution in [0, 0.1) is 0 Å². The maximum absolute atomic E-state index is 12.9. The molecule has 1 unspecified atom stereocenters. The van der Waals surface area contributed by atoms with Gasteiger partial charge in [-0.2, -0.15) is 13.2 Å². The number of rotatable bonds is 9. The first-order valence-corrected chi connectivity index (χ1v) is 11.0. The zero-order valence-electron chi connectivity index (χ0n) is 18.0. The van der Waals surface area contributed by atoms with Crippen molar-refractivity contribution in [2.24, 2.45) is 0 Å². The number of amides is 2. The molecule has 0 radical (unpaired) electrons. The van der Waals surface area contributed by atoms with Crippen molar-refractivity contribution < 1.29 is 27.9 Å². The summed E-state index contributed by atoms with van der Waals surface area (Å²) in [6.07, 6.45) is -6.17. The smallest absolute Gasteiger partial charge is 0.405 e. The van der Waals surface area contributed by atoms with E-state index in [-0.39, 0.29) is 23.0 Å². The average Bonchev–Trinajstić information content (AvgIpc) is 2.73. The highest BCUT2D eigenvalue weighted by atomic mass is 35.5. The fourth-order valence-corrected chi connectivity index (χ4v) is 4.27. The van der Waals surface area contributed by atoms with Gasteiger partial charge in [0, 0.05) is 24.0 Å². The second kappa shape index (κ2) is 11.3. The van der Waals surface area contributed by atoms with Gasteiger partial charge in [-0.25, -0.2) is 4.79 Å². The van der Waals surface area contributed by atoms with Gasteiger partial charge in [-0.3, -0.25) is 4.79 Å². The summed E-state index contributed by atoms with van der Waals surface area (Å²) in [4.78, 5) is 25.1. The van der Waals surface area contributed by atoms with E-state index in [1.165, 1.54) is 25.3 Å². The van der Waals surface area contributed by atoms with Gasteiger partial charge >= 0.3 is 12.3 Å². The largest absolute Gasteiger partial charge is 0.465 e. The number of hydrogen-bond donors (Lipinski definition) is 2. The second-order valence-corrected chi connectivity index (χ2v) is 9.00. The Kier molecular flexibility index (Phi) is 9.28. The van der Waals surface area contributed by atoms with E-state index in [0.29, 0.717) is 16.1 Å². The van der Waals surface area contributed by atoms with Crippen LogP contribution in [-0.2, 0) is 10.2 Å². The van der Waals surface area contributed by atoms with Gasteiger partial charge in [-0.05, 0) is 41.8 Å². The molecular formula is C23H22Cl3F3N2O3. The number of benzene rings is 2. The van der Waals surface area contributed by atoms with Crippen molar-refractivity contribution in [2.75, 3.05) is 13.6 Å². The van der Waals surface area contributed by atoms with Gasteiger partial charge in [0.2, 0.25) is 5.91 Å². The van der Waals surface area contributed by atoms with Gasteiger partial charge in [0.05, 0.1) is 16.1 Å². The predicted octanol–water partition coefficient (Wildman–Crippen LogP) is 6.88. The molecule has 2 amide bonds. The zero-order valence-corrected chi connectivity index (χ0v) is 20.3. The minimum Gasteiger partial charge on any atom is -0.465 e. The molecule has 0 saturated heterocycles. The molecule has 0 spiro atoms. The molecule has 11 heteroatoms. The van der Waals surface area contributed by atoms with Gasteiger partial charge in [0.25, 0.3) is 0 Å². The summed E-state index contributed by atoms with van der Waals surface area (Å²) >= 11 is 18.3. The Bertz CT molecular complexity index is 1050. The Hall–Kier alpha value is -2.42. The molecule has 0 aromatic heterocycles. The molecule has 0 aliphatic heterocycles. The van der Waals surface area contributed by atoms with Crippen molar-refractivity contribution in [2.45, 2.75) is 30.5 Å². The van der Waals surface area contributed by atoms with Gasteiger partial charge in [-0.1, -0.05) is 59.1 Å². The van der Waals surface area contributed by atoms with E-state index in [2.05, 4.69) is 11.9 Å². The minimum atomic E-state index is -4.70. The first kappa shape index (κ1) is 27.8. The van der Waals surface area contributed by atoms with Crippen LogP contribution in [0.4, 0.5) is 18.0 Å². The number of hydrogen-bond acceptors (Lipinski definition) is 2. The molecule has 5 nitrogen and oxygen atoms in total. The summed E-state index contributed by atoms with van der Waals surface area (Å²) in [6, 6.07) is 9.85. The summed E-state index contributed by atoms with van der Waals surface area (Å²) in [5.74, 6) is -1.17. The summed E-state index contributed by atoms with van der Waals surface area (Å²) in [5, 5.41) is 12.9. The highest BCUT2D eigenvalue weighted by molar-refractivity contribution is 6.42. The topological polar surface area (TPSA) is 69.6 Å². The Morgan fingerprint density at radius 1 is 1.12 bits per heavy atom. The standard InChI is InChI=1S/C23H22Cl3F3N2O3/c1-3-10-22(15-6-9-17(25)18(26)11-15,13-31(2)19(32)12-23(27,28)29)20(30-21(33)34)14-4-7-16(24)8-5-14/h3-9,11,20,30H,1,10,12-13H2,2H3,(H,33,34)/t20?,22-/m1/s1. The number of allylic oxidation sites excluding steroid dienone is 1. The number of carbonyl (C=O) groups excluding carboxylic acids is 1. The third-order valence-corrected chi connectivity index (χ3v) is 6.31. The van der Waals surface area contributed by atoms with Crippen LogP contribution in [-0.4, -0.2) is 41.8 Å². The molecule has 184 valence electrons. The van der Waals surface area contributed by atoms with E-state index in [4.69, 9.17) is 34.8 Å². The fraction of sp³-hybridized carbons (Fsp3) is 0.304. The van der Waals surface area contributed by atoms with E-state index in [0.717, 1.165) is 4.90 Å². The average molecular weight is 538 g/mol. The summed E-state index contributed by atoms with van der Waals surface area (Å²) < 4.78 is 38.7. The van der Waals surface area contributed by atoms with Crippen LogP contribution in [0.3, 0.4) is 0 Å². The summed E-state index contributed by atoms with van der Waals surface area (Å²) in [5.41, 5.74) is -0.392. The zero-order chi connectivity index (χ0) is 25.7. The Morgan fingerprint density at radius 3 is 2.24 bits per heavy atom. The lowest BCUT2D eigenvalue weighted by molar-refractivity contribution is -0.161. The van der Waals surface area contributed by atoms with E-state index in [1.807, 2.05) is 0 Å². The Morgan fingerprint density at radius 2 is 1.74 bits per heavy atom. The second-order valence-electron chi connectivity index (χ2n) is 7.75. The highest BCUT2D eigenvalue weighted by Crippen LogP contribution is 2.44. The van der Waals surface area contributed by atoms with Crippen molar-refractivity contribution in [1.82, 2.24) is 10.2 Å². The van der Waals surface area contributed by atoms with Gasteiger partial charge in [0.1, 0.15) is 6.42 Å². The van der Waals surface area contributed by atoms with Crippen molar-refractivity contribution >= 4 is 46.8 Å². The van der Waals surface area contributed by atoms with E-state index >= 15 is 0 Å². The lowest BCUT2D eigenvalue weighted by Gasteiger charge is -2.43. The van der Waals surface area contributed by atoms with E-state index < -0.39 is 36.1 Å². The number of likely N-dealkylation sites (N-methyl/N-ethyl adjacent to an activating group) is 1. The quantitative estimate of drug-likeness (QED) is 0.343. The van der Waals surface area contributed by atoms with Gasteiger partial charge < -0.3 is 15.3 Å². The van der Waals surface area contributed by atoms with Crippen LogP contribution >= 0.6 is 34.8 Å². The predicted molar refractivity (Wildman–Crippen MR) is 127 cm³/mol. The molecule has 0 saturated carbocycles. The molecular weight excluding hydrogens is 516 g/mol. The Labute approximate surface area is 210 Å². The van der Waals surface area contributed by atoms with Crippen LogP contribution in [0.2, 0.25) is 15.1 Å². The number of nitrogens with one attached hydrogen (secondary N) is 1. The lowest BCUT2D eigenvalue weighted by atomic mass is 9.68. The van der Waals surface area contributed by atoms with Crippen molar-refractivity contribution in [3.05, 3.63) is 81.3 Å². The SMILES string of the molecule is C=CC[C@@](CN(C)C(=O)CC(F)(F)F)(c1ccc(Cl)c(Cl)c1)C(NC(=O)O)c1ccc(Cl)cc1. The molecule has 0 aliphatic carbocycles. The van der Waals surface area contributed by atoms with Crippen molar-refractivity contribution in [3.63, 3.8) is 0 Å². The number of halogens is 6. The monoisotopic (exact) mass is 536 g/mol. The van der Waals surface area contributed by atoms with Crippen molar-refractivity contribution in [3.8, 4) is 0 Å². The molecule has 0 fully saturated rings. The first-order valence-electron chi connectivity index (χ1n) is 9.91. The normalized spacial score (nSPS) is 14.1. The number of carboxylic acid groups (broad SMARTS) is 1. The lowest BCUT2D eigenvalue weighted by Crippen LogP contribution is -2.51. The molecule has 34 heavy (non-hydrogen) atoms. The summed E-state index contributed by atoms with van der Waals surface area (Å²) in [7, 11) is 1.23. The minimum absolute atomic E-state index is 0.0716. The van der Waals surface area contributed by atoms with E-state index in [9.17, 15) is 27.9 Å². The molecule has 0 heterocycles. The maximum Gasteiger partial charge on any atom is 0.405 e. The first-order chi connectivity index (χ1) is 15.8. The van der Waals surface area contributed by atoms with Crippen LogP contribution in [0.1, 0.15) is 30.0 Å². The van der Waals surface area contributed by atoms with Crippen molar-refractivity contribution in [1.29, 1.82) is 0 Å². The van der Waals surface area contributed by atoms with Gasteiger partial charge in [0.15, 0.2) is 0 Å². The third-order valence-electron chi connectivity index (χ3n) is 5.32. The third kappa shape index (κ3) is 7.04. The molecule has 0 aliphatic rings. The fourth-order valence-electron chi connectivity index (χ4n) is 3.85. The summed E-state index contributed by atoms with van der Waals surface area (Å²) in [6.45, 7) is 3.46. The van der Waals surface area contributed by atoms with Crippen LogP contribution in [0.15, 0.2) is 55.1 Å². The van der Waals surface area contributed by atoms with E-state index in [1.54, 1.807) is 30.3 Å². The van der Waals surface area contributed by atoms with Crippen LogP contribution in [0.5, 0.6) is 0 Å². The molecule has 2 aromatic rings. The molecule has 2 atom stereocenters. The highest BCUT2D eigenvalue weighted by Gasteiger charge is 2.44. The number of alkyl halides is 3. The molecule has 2 N–H and O–H groups in total. The molecule has 2 aromatic carbocycles. The van der Waals surface area contributed by atoms with Gasteiger partial charge in [-0.15, -0.1) is 6.58 Å². The van der Waals surface area contributed by atoms with Crippen LogP contribution in [0.25, 0.3) is 0 Å².